The van der Waals surface area contributed by atoms with E-state index in [1.165, 1.54) is 11.1 Å². The van der Waals surface area contributed by atoms with Crippen LogP contribution in [0.1, 0.15) is 41.5 Å². The third-order valence-electron chi connectivity index (χ3n) is 3.99. The topological polar surface area (TPSA) is 12.0 Å². The molecule has 1 N–H and O–H groups in total. The first-order valence-electron chi connectivity index (χ1n) is 6.31. The van der Waals surface area contributed by atoms with Crippen molar-refractivity contribution in [1.82, 2.24) is 4.98 Å². The quantitative estimate of drug-likeness (QED) is 0.724. The minimum absolute atomic E-state index is 0.587. The summed E-state index contributed by atoms with van der Waals surface area (Å²) in [5.41, 5.74) is 6.93. The van der Waals surface area contributed by atoms with Crippen LogP contribution in [0.4, 0.5) is 0 Å². The van der Waals surface area contributed by atoms with Gasteiger partial charge < -0.3 is 4.98 Å². The van der Waals surface area contributed by atoms with E-state index in [1.807, 2.05) is 0 Å². The van der Waals surface area contributed by atoms with Gasteiger partial charge in [-0.2, -0.15) is 0 Å². The molecular weight excluding hydrogens is 210 g/mol. The first-order valence-corrected chi connectivity index (χ1v) is 9.39. The Bertz CT molecular complexity index is 324. The smallest absolute Gasteiger partial charge is 0.130 e. The molecule has 16 heavy (non-hydrogen) atoms. The molecule has 0 atom stereocenters. The molecule has 1 aliphatic rings. The highest BCUT2D eigenvalue weighted by molar-refractivity contribution is 6.78. The predicted molar refractivity (Wildman–Crippen MR) is 76.3 cm³/mol. The van der Waals surface area contributed by atoms with Crippen molar-refractivity contribution in [3.63, 3.8) is 0 Å². The zero-order valence-electron chi connectivity index (χ0n) is 12.2. The predicted octanol–water partition coefficient (Wildman–Crippen LogP) is 4.25. The largest absolute Gasteiger partial charge is 0.335 e. The zero-order valence-corrected chi connectivity index (χ0v) is 13.2. The maximum Gasteiger partial charge on any atom is 0.130 e. The molecule has 0 bridgehead atoms. The van der Waals surface area contributed by atoms with Crippen LogP contribution in [0.15, 0.2) is 22.3 Å². The van der Waals surface area contributed by atoms with Gasteiger partial charge in [-0.1, -0.05) is 38.1 Å². The highest BCUT2D eigenvalue weighted by atomic mass is 28.3. The van der Waals surface area contributed by atoms with Crippen LogP contribution in [0, 0.1) is 0 Å². The van der Waals surface area contributed by atoms with Gasteiger partial charge >= 0.3 is 0 Å². The van der Waals surface area contributed by atoms with Crippen molar-refractivity contribution >= 4 is 8.24 Å². The van der Waals surface area contributed by atoms with E-state index in [0.717, 1.165) is 0 Å². The Hall–Kier alpha value is -0.343. The number of hydrogen-bond acceptors (Lipinski definition) is 1. The summed E-state index contributed by atoms with van der Waals surface area (Å²) in [7, 11) is -1.41. The molecule has 1 aliphatic carbocycles. The van der Waals surface area contributed by atoms with Crippen LogP contribution in [-0.2, 0) is 0 Å². The molecule has 0 aromatic heterocycles. The van der Waals surface area contributed by atoms with E-state index in [2.05, 4.69) is 59.6 Å². The highest BCUT2D eigenvalue weighted by Crippen LogP contribution is 2.45. The minimum Gasteiger partial charge on any atom is -0.335 e. The first kappa shape index (κ1) is 13.7. The Balaban J connectivity index is 3.07. The Kier molecular flexibility index (Phi) is 3.86. The van der Waals surface area contributed by atoms with Crippen molar-refractivity contribution in [1.29, 1.82) is 0 Å². The molecule has 0 aliphatic heterocycles. The molecule has 0 unspecified atom stereocenters. The Morgan fingerprint density at radius 2 is 1.31 bits per heavy atom. The van der Waals surface area contributed by atoms with Crippen LogP contribution in [0.5, 0.6) is 0 Å². The summed E-state index contributed by atoms with van der Waals surface area (Å²) in [6, 6.07) is 0.587. The Morgan fingerprint density at radius 1 is 0.938 bits per heavy atom. The fourth-order valence-corrected chi connectivity index (χ4v) is 7.51. The minimum atomic E-state index is -1.41. The molecular formula is C14H27NSi. The summed E-state index contributed by atoms with van der Waals surface area (Å²) < 4.78 is 0. The molecule has 0 spiro atoms. The van der Waals surface area contributed by atoms with Gasteiger partial charge in [0.2, 0.25) is 0 Å². The average molecular weight is 237 g/mol. The SMILES string of the molecule is CC1=C(C)C([Si](C)(C)NC(C)C)C(C)=C1C. The van der Waals surface area contributed by atoms with Gasteiger partial charge in [-0.25, -0.2) is 0 Å². The van der Waals surface area contributed by atoms with E-state index in [-0.39, 0.29) is 0 Å². The fourth-order valence-electron chi connectivity index (χ4n) is 3.26. The number of hydrogen-bond donors (Lipinski definition) is 1. The van der Waals surface area contributed by atoms with Gasteiger partial charge in [0.05, 0.1) is 0 Å². The molecule has 0 saturated carbocycles. The molecule has 0 fully saturated rings. The van der Waals surface area contributed by atoms with Gasteiger partial charge in [0, 0.05) is 5.54 Å². The van der Waals surface area contributed by atoms with Gasteiger partial charge in [-0.3, -0.25) is 0 Å². The lowest BCUT2D eigenvalue weighted by atomic mass is 10.1. The lowest BCUT2D eigenvalue weighted by Gasteiger charge is -2.35. The van der Waals surface area contributed by atoms with E-state index >= 15 is 0 Å². The summed E-state index contributed by atoms with van der Waals surface area (Å²) >= 11 is 0. The van der Waals surface area contributed by atoms with Crippen molar-refractivity contribution in [3.05, 3.63) is 22.3 Å². The average Bonchev–Trinajstić information content (AvgIpc) is 2.29. The molecule has 1 rings (SSSR count). The molecule has 1 nitrogen and oxygen atoms in total. The van der Waals surface area contributed by atoms with Crippen molar-refractivity contribution in [2.45, 2.75) is 66.2 Å². The molecule has 0 amide bonds. The number of nitrogens with one attached hydrogen (secondary N) is 1. The van der Waals surface area contributed by atoms with Crippen LogP contribution in [0.25, 0.3) is 0 Å². The van der Waals surface area contributed by atoms with Crippen molar-refractivity contribution < 1.29 is 0 Å². The second-order valence-electron chi connectivity index (χ2n) is 6.07. The van der Waals surface area contributed by atoms with Crippen molar-refractivity contribution in [3.8, 4) is 0 Å². The standard InChI is InChI=1S/C14H27NSi/c1-9(2)15-16(7,8)14-12(5)10(3)11(4)13(14)6/h9,14-15H,1-8H3. The van der Waals surface area contributed by atoms with Gasteiger partial charge in [-0.15, -0.1) is 0 Å². The third-order valence-corrected chi connectivity index (χ3v) is 7.62. The van der Waals surface area contributed by atoms with E-state index in [4.69, 9.17) is 0 Å². The van der Waals surface area contributed by atoms with Crippen molar-refractivity contribution in [2.24, 2.45) is 0 Å². The summed E-state index contributed by atoms with van der Waals surface area (Å²) in [6.45, 7) is 18.6. The second kappa shape index (κ2) is 4.50. The first-order chi connectivity index (χ1) is 7.18. The van der Waals surface area contributed by atoms with Crippen molar-refractivity contribution in [2.75, 3.05) is 0 Å². The lowest BCUT2D eigenvalue weighted by molar-refractivity contribution is 0.721. The van der Waals surface area contributed by atoms with E-state index < -0.39 is 8.24 Å². The molecule has 0 heterocycles. The molecule has 0 saturated heterocycles. The monoisotopic (exact) mass is 237 g/mol. The normalized spacial score (nSPS) is 19.3. The van der Waals surface area contributed by atoms with Crippen LogP contribution < -0.4 is 4.98 Å². The van der Waals surface area contributed by atoms with E-state index in [1.54, 1.807) is 11.1 Å². The lowest BCUT2D eigenvalue weighted by Crippen LogP contribution is -2.52. The van der Waals surface area contributed by atoms with Gasteiger partial charge in [-0.05, 0) is 44.9 Å². The fraction of sp³-hybridized carbons (Fsp3) is 0.714. The van der Waals surface area contributed by atoms with Crippen LogP contribution in [0.2, 0.25) is 18.6 Å². The molecule has 92 valence electrons. The summed E-state index contributed by atoms with van der Waals surface area (Å²) in [5.74, 6) is 0. The maximum absolute atomic E-state index is 3.83. The van der Waals surface area contributed by atoms with Gasteiger partial charge in [0.15, 0.2) is 0 Å². The zero-order chi connectivity index (χ0) is 12.7. The second-order valence-corrected chi connectivity index (χ2v) is 10.4. The third kappa shape index (κ3) is 2.33. The Morgan fingerprint density at radius 3 is 1.62 bits per heavy atom. The summed E-state index contributed by atoms with van der Waals surface area (Å²) in [5, 5.41) is 0. The van der Waals surface area contributed by atoms with E-state index in [9.17, 15) is 0 Å². The Labute approximate surface area is 102 Å². The maximum atomic E-state index is 3.83. The molecule has 0 aromatic rings. The van der Waals surface area contributed by atoms with Crippen LogP contribution in [0.3, 0.4) is 0 Å². The molecule has 0 radical (unpaired) electrons. The van der Waals surface area contributed by atoms with Gasteiger partial charge in [0.25, 0.3) is 0 Å². The van der Waals surface area contributed by atoms with E-state index in [0.29, 0.717) is 11.6 Å². The van der Waals surface area contributed by atoms with Gasteiger partial charge in [0.1, 0.15) is 8.24 Å². The van der Waals surface area contributed by atoms with Crippen LogP contribution in [-0.4, -0.2) is 14.3 Å². The highest BCUT2D eigenvalue weighted by Gasteiger charge is 2.39. The number of rotatable bonds is 3. The summed E-state index contributed by atoms with van der Waals surface area (Å²) in [4.78, 5) is 3.83. The number of allylic oxidation sites excluding steroid dienone is 4. The summed E-state index contributed by atoms with van der Waals surface area (Å²) in [6.07, 6.45) is 0. The molecule has 0 aromatic carbocycles. The van der Waals surface area contributed by atoms with Crippen LogP contribution >= 0.6 is 0 Å². The molecule has 2 heteroatoms.